The molecule has 1 nitrogen and oxygen atoms in total. The van der Waals surface area contributed by atoms with E-state index in [0.717, 1.165) is 5.70 Å². The molecule has 1 aliphatic rings. The molecular formula is C17H15NS. The summed E-state index contributed by atoms with van der Waals surface area (Å²) < 4.78 is 0. The summed E-state index contributed by atoms with van der Waals surface area (Å²) in [4.78, 5) is 4.55. The lowest BCUT2D eigenvalue weighted by molar-refractivity contribution is 0.654. The lowest BCUT2D eigenvalue weighted by Crippen LogP contribution is -2.14. The number of nitrogens with zero attached hydrogens (tertiary/aromatic N) is 1. The summed E-state index contributed by atoms with van der Waals surface area (Å²) in [5, 5.41) is 0. The molecule has 0 radical (unpaired) electrons. The highest BCUT2D eigenvalue weighted by Gasteiger charge is 2.22. The Morgan fingerprint density at radius 2 is 1.95 bits per heavy atom. The summed E-state index contributed by atoms with van der Waals surface area (Å²) in [6.07, 6.45) is 4.06. The van der Waals surface area contributed by atoms with Crippen LogP contribution in [0.2, 0.25) is 0 Å². The minimum absolute atomic E-state index is 1.04. The maximum atomic E-state index is 4.17. The third kappa shape index (κ3) is 1.94. The van der Waals surface area contributed by atoms with Crippen molar-refractivity contribution in [1.82, 2.24) is 4.90 Å². The Morgan fingerprint density at radius 3 is 2.63 bits per heavy atom. The molecule has 94 valence electrons. The molecule has 0 saturated carbocycles. The first-order chi connectivity index (χ1) is 9.20. The topological polar surface area (TPSA) is 3.24 Å². The van der Waals surface area contributed by atoms with Gasteiger partial charge in [0.05, 0.1) is 0 Å². The first kappa shape index (κ1) is 12.0. The predicted octanol–water partition coefficient (Wildman–Crippen LogP) is 4.70. The number of benzene rings is 1. The van der Waals surface area contributed by atoms with Gasteiger partial charge < -0.3 is 4.90 Å². The van der Waals surface area contributed by atoms with Crippen LogP contribution in [0.5, 0.6) is 0 Å². The SMILES string of the molecule is C=Cc1cc2c(s1)C(c1ccccc1)=CN(C)C2=C. The summed E-state index contributed by atoms with van der Waals surface area (Å²) in [5.74, 6) is 0. The van der Waals surface area contributed by atoms with Gasteiger partial charge in [-0.2, -0.15) is 0 Å². The lowest BCUT2D eigenvalue weighted by Gasteiger charge is -2.25. The van der Waals surface area contributed by atoms with Gasteiger partial charge in [-0.15, -0.1) is 11.3 Å². The number of rotatable bonds is 2. The second kappa shape index (κ2) is 4.56. The largest absolute Gasteiger partial charge is 0.350 e. The Hall–Kier alpha value is -2.06. The molecule has 3 rings (SSSR count). The van der Waals surface area contributed by atoms with E-state index in [-0.39, 0.29) is 0 Å². The molecule has 0 aliphatic carbocycles. The van der Waals surface area contributed by atoms with Crippen molar-refractivity contribution in [2.45, 2.75) is 0 Å². The van der Waals surface area contributed by atoms with Crippen molar-refractivity contribution in [3.63, 3.8) is 0 Å². The third-order valence-corrected chi connectivity index (χ3v) is 4.51. The van der Waals surface area contributed by atoms with Crippen LogP contribution >= 0.6 is 11.3 Å². The second-order valence-corrected chi connectivity index (χ2v) is 5.65. The quantitative estimate of drug-likeness (QED) is 0.761. The van der Waals surface area contributed by atoms with Gasteiger partial charge in [0.1, 0.15) is 0 Å². The van der Waals surface area contributed by atoms with Crippen LogP contribution in [0.4, 0.5) is 0 Å². The minimum Gasteiger partial charge on any atom is -0.350 e. The summed E-state index contributed by atoms with van der Waals surface area (Å²) in [6, 6.07) is 12.6. The van der Waals surface area contributed by atoms with E-state index in [1.54, 1.807) is 11.3 Å². The monoisotopic (exact) mass is 265 g/mol. The Labute approximate surface area is 117 Å². The van der Waals surface area contributed by atoms with Crippen molar-refractivity contribution in [2.75, 3.05) is 7.05 Å². The highest BCUT2D eigenvalue weighted by atomic mass is 32.1. The zero-order valence-corrected chi connectivity index (χ0v) is 11.7. The summed E-state index contributed by atoms with van der Waals surface area (Å²) in [6.45, 7) is 8.03. The zero-order chi connectivity index (χ0) is 13.4. The second-order valence-electron chi connectivity index (χ2n) is 4.56. The van der Waals surface area contributed by atoms with Crippen molar-refractivity contribution < 1.29 is 0 Å². The van der Waals surface area contributed by atoms with Gasteiger partial charge in [0.25, 0.3) is 0 Å². The summed E-state index contributed by atoms with van der Waals surface area (Å²) in [5.41, 5.74) is 4.74. The van der Waals surface area contributed by atoms with Gasteiger partial charge in [0, 0.05) is 39.8 Å². The minimum atomic E-state index is 1.04. The van der Waals surface area contributed by atoms with Crippen LogP contribution in [0.15, 0.2) is 55.8 Å². The van der Waals surface area contributed by atoms with Crippen molar-refractivity contribution >= 4 is 28.7 Å². The Balaban J connectivity index is 2.21. The first-order valence-electron chi connectivity index (χ1n) is 6.16. The third-order valence-electron chi connectivity index (χ3n) is 3.34. The number of hydrogen-bond donors (Lipinski definition) is 0. The van der Waals surface area contributed by atoms with Crippen molar-refractivity contribution in [3.8, 4) is 0 Å². The molecule has 0 bridgehead atoms. The van der Waals surface area contributed by atoms with Crippen LogP contribution < -0.4 is 0 Å². The van der Waals surface area contributed by atoms with E-state index in [4.69, 9.17) is 0 Å². The molecule has 2 aromatic rings. The van der Waals surface area contributed by atoms with Gasteiger partial charge in [0.2, 0.25) is 0 Å². The molecule has 0 fully saturated rings. The molecule has 0 atom stereocenters. The molecule has 2 heterocycles. The molecule has 0 N–H and O–H groups in total. The fraction of sp³-hybridized carbons (Fsp3) is 0.0588. The van der Waals surface area contributed by atoms with E-state index >= 15 is 0 Å². The van der Waals surface area contributed by atoms with Gasteiger partial charge in [-0.1, -0.05) is 49.6 Å². The lowest BCUT2D eigenvalue weighted by atomic mass is 9.98. The number of thiophene rings is 1. The Kier molecular flexibility index (Phi) is 2.88. The average Bonchev–Trinajstić information content (AvgIpc) is 2.88. The zero-order valence-electron chi connectivity index (χ0n) is 10.9. The van der Waals surface area contributed by atoms with Crippen molar-refractivity contribution in [2.24, 2.45) is 0 Å². The molecular weight excluding hydrogens is 250 g/mol. The highest BCUT2D eigenvalue weighted by molar-refractivity contribution is 7.14. The molecule has 0 saturated heterocycles. The van der Waals surface area contributed by atoms with E-state index in [1.165, 1.54) is 26.5 Å². The predicted molar refractivity (Wildman–Crippen MR) is 84.7 cm³/mol. The first-order valence-corrected chi connectivity index (χ1v) is 6.98. The molecule has 1 aromatic carbocycles. The van der Waals surface area contributed by atoms with Gasteiger partial charge in [-0.25, -0.2) is 0 Å². The summed E-state index contributed by atoms with van der Waals surface area (Å²) >= 11 is 1.77. The number of hydrogen-bond acceptors (Lipinski definition) is 2. The van der Waals surface area contributed by atoms with Crippen LogP contribution in [0.3, 0.4) is 0 Å². The highest BCUT2D eigenvalue weighted by Crippen LogP contribution is 2.41. The summed E-state index contributed by atoms with van der Waals surface area (Å²) in [7, 11) is 2.04. The Morgan fingerprint density at radius 1 is 1.21 bits per heavy atom. The molecule has 1 aromatic heterocycles. The van der Waals surface area contributed by atoms with Crippen molar-refractivity contribution in [3.05, 3.63) is 76.6 Å². The maximum Gasteiger partial charge on any atom is 0.0462 e. The van der Waals surface area contributed by atoms with E-state index < -0.39 is 0 Å². The molecule has 2 heteroatoms. The van der Waals surface area contributed by atoms with Gasteiger partial charge >= 0.3 is 0 Å². The Bertz CT molecular complexity index is 677. The van der Waals surface area contributed by atoms with E-state index in [2.05, 4.69) is 54.6 Å². The normalized spacial score (nSPS) is 14.1. The smallest absolute Gasteiger partial charge is 0.0462 e. The van der Waals surface area contributed by atoms with E-state index in [0.29, 0.717) is 0 Å². The van der Waals surface area contributed by atoms with Crippen LogP contribution in [-0.4, -0.2) is 11.9 Å². The molecule has 0 unspecified atom stereocenters. The average molecular weight is 265 g/mol. The van der Waals surface area contributed by atoms with Gasteiger partial charge in [-0.05, 0) is 11.6 Å². The molecule has 0 amide bonds. The van der Waals surface area contributed by atoms with Gasteiger partial charge in [0.15, 0.2) is 0 Å². The molecule has 1 aliphatic heterocycles. The van der Waals surface area contributed by atoms with Crippen LogP contribution in [0.1, 0.15) is 20.9 Å². The van der Waals surface area contributed by atoms with Gasteiger partial charge in [-0.3, -0.25) is 0 Å². The van der Waals surface area contributed by atoms with Crippen LogP contribution in [0.25, 0.3) is 17.3 Å². The molecule has 19 heavy (non-hydrogen) atoms. The number of fused-ring (bicyclic) bond motifs is 1. The van der Waals surface area contributed by atoms with E-state index in [9.17, 15) is 0 Å². The standard InChI is InChI=1S/C17H15NS/c1-4-14-10-15-12(2)18(3)11-16(17(15)19-14)13-8-6-5-7-9-13/h4-11H,1-2H2,3H3. The van der Waals surface area contributed by atoms with Crippen LogP contribution in [-0.2, 0) is 0 Å². The van der Waals surface area contributed by atoms with Crippen LogP contribution in [0, 0.1) is 0 Å². The fourth-order valence-corrected chi connectivity index (χ4v) is 3.33. The molecule has 0 spiro atoms. The van der Waals surface area contributed by atoms with Crippen molar-refractivity contribution in [1.29, 1.82) is 0 Å². The fourth-order valence-electron chi connectivity index (χ4n) is 2.27. The van der Waals surface area contributed by atoms with E-state index in [1.807, 2.05) is 19.2 Å². The maximum absolute atomic E-state index is 4.17.